The summed E-state index contributed by atoms with van der Waals surface area (Å²) in [6.45, 7) is 2.57. The zero-order chi connectivity index (χ0) is 17.0. The van der Waals surface area contributed by atoms with Gasteiger partial charge in [0.05, 0.1) is 17.3 Å². The van der Waals surface area contributed by atoms with Crippen LogP contribution in [0.15, 0.2) is 18.2 Å². The van der Waals surface area contributed by atoms with Crippen LogP contribution in [0.4, 0.5) is 14.9 Å². The van der Waals surface area contributed by atoms with Crippen molar-refractivity contribution in [3.63, 3.8) is 0 Å². The fraction of sp³-hybridized carbons (Fsp3) is 0.467. The van der Waals surface area contributed by atoms with Gasteiger partial charge >= 0.3 is 12.0 Å². The minimum atomic E-state index is -0.855. The predicted molar refractivity (Wildman–Crippen MR) is 85.3 cm³/mol. The molecule has 0 bridgehead atoms. The predicted octanol–water partition coefficient (Wildman–Crippen LogP) is 2.54. The number of carbonyl (C=O) groups is 2. The summed E-state index contributed by atoms with van der Waals surface area (Å²) in [6.07, 6.45) is 1.40. The topological polar surface area (TPSA) is 81.7 Å². The number of aliphatic carboxylic acids is 1. The number of urea groups is 1. The SMILES string of the molecule is CCN(CC(=O)O)C1CC(NC(=O)Nc2ccc(F)cc2Cl)C1. The van der Waals surface area contributed by atoms with Gasteiger partial charge in [-0.3, -0.25) is 9.69 Å². The summed E-state index contributed by atoms with van der Waals surface area (Å²) in [4.78, 5) is 24.5. The number of nitrogens with zero attached hydrogens (tertiary/aromatic N) is 1. The Balaban J connectivity index is 1.78. The van der Waals surface area contributed by atoms with Crippen molar-refractivity contribution in [3.05, 3.63) is 29.0 Å². The zero-order valence-corrected chi connectivity index (χ0v) is 13.4. The molecule has 1 fully saturated rings. The Morgan fingerprint density at radius 2 is 2.13 bits per heavy atom. The summed E-state index contributed by atoms with van der Waals surface area (Å²) >= 11 is 5.85. The molecule has 6 nitrogen and oxygen atoms in total. The molecule has 1 aromatic carbocycles. The maximum absolute atomic E-state index is 12.9. The number of carboxylic acids is 1. The number of carbonyl (C=O) groups excluding carboxylic acids is 1. The number of benzene rings is 1. The van der Waals surface area contributed by atoms with Gasteiger partial charge in [0.2, 0.25) is 0 Å². The first-order chi connectivity index (χ1) is 10.9. The van der Waals surface area contributed by atoms with Crippen molar-refractivity contribution < 1.29 is 19.1 Å². The quantitative estimate of drug-likeness (QED) is 0.741. The van der Waals surface area contributed by atoms with Crippen LogP contribution < -0.4 is 10.6 Å². The molecule has 1 aliphatic rings. The van der Waals surface area contributed by atoms with Gasteiger partial charge in [-0.1, -0.05) is 18.5 Å². The summed E-state index contributed by atoms with van der Waals surface area (Å²) in [6, 6.07) is 3.47. The highest BCUT2D eigenvalue weighted by atomic mass is 35.5. The maximum atomic E-state index is 12.9. The minimum absolute atomic E-state index is 0.00523. The van der Waals surface area contributed by atoms with Gasteiger partial charge in [0.25, 0.3) is 0 Å². The first-order valence-corrected chi connectivity index (χ1v) is 7.75. The standard InChI is InChI=1S/C15H19ClFN3O3/c1-2-20(8-14(21)22)11-6-10(7-11)18-15(23)19-13-4-3-9(17)5-12(13)16/h3-5,10-11H,2,6-8H2,1H3,(H,21,22)(H2,18,19,23). The van der Waals surface area contributed by atoms with Crippen LogP contribution in [0.3, 0.4) is 0 Å². The summed E-state index contributed by atoms with van der Waals surface area (Å²) < 4.78 is 12.9. The Bertz CT molecular complexity index is 593. The monoisotopic (exact) mass is 343 g/mol. The summed E-state index contributed by atoms with van der Waals surface area (Å²) in [7, 11) is 0. The number of rotatable bonds is 6. The zero-order valence-electron chi connectivity index (χ0n) is 12.7. The number of anilines is 1. The maximum Gasteiger partial charge on any atom is 0.319 e. The van der Waals surface area contributed by atoms with Crippen LogP contribution in [-0.2, 0) is 4.79 Å². The fourth-order valence-corrected chi connectivity index (χ4v) is 2.83. The molecule has 126 valence electrons. The smallest absolute Gasteiger partial charge is 0.319 e. The minimum Gasteiger partial charge on any atom is -0.480 e. The molecule has 0 spiro atoms. The van der Waals surface area contributed by atoms with Crippen molar-refractivity contribution in [2.24, 2.45) is 0 Å². The molecular formula is C15H19ClFN3O3. The van der Waals surface area contributed by atoms with E-state index in [1.54, 1.807) is 0 Å². The molecule has 0 aliphatic heterocycles. The van der Waals surface area contributed by atoms with E-state index < -0.39 is 17.8 Å². The van der Waals surface area contributed by atoms with Crippen LogP contribution in [0.1, 0.15) is 19.8 Å². The third kappa shape index (κ3) is 4.80. The van der Waals surface area contributed by atoms with Gasteiger partial charge in [0, 0.05) is 12.1 Å². The lowest BCUT2D eigenvalue weighted by molar-refractivity contribution is -0.139. The van der Waals surface area contributed by atoms with Crippen LogP contribution in [0.5, 0.6) is 0 Å². The molecular weight excluding hydrogens is 325 g/mol. The molecule has 0 atom stereocenters. The van der Waals surface area contributed by atoms with Gasteiger partial charge in [-0.15, -0.1) is 0 Å². The lowest BCUT2D eigenvalue weighted by Gasteiger charge is -2.42. The molecule has 0 aromatic heterocycles. The Kier molecular flexibility index (Phi) is 5.79. The molecule has 0 unspecified atom stereocenters. The van der Waals surface area contributed by atoms with Gasteiger partial charge in [-0.25, -0.2) is 9.18 Å². The second-order valence-electron chi connectivity index (χ2n) is 5.50. The van der Waals surface area contributed by atoms with Crippen LogP contribution in [0.2, 0.25) is 5.02 Å². The highest BCUT2D eigenvalue weighted by Crippen LogP contribution is 2.26. The summed E-state index contributed by atoms with van der Waals surface area (Å²) in [5.41, 5.74) is 0.336. The number of hydrogen-bond donors (Lipinski definition) is 3. The van der Waals surface area contributed by atoms with E-state index in [-0.39, 0.29) is 23.7 Å². The Hall–Kier alpha value is -1.86. The summed E-state index contributed by atoms with van der Waals surface area (Å²) in [5.74, 6) is -1.33. The molecule has 8 heteroatoms. The molecule has 1 saturated carbocycles. The van der Waals surface area contributed by atoms with E-state index in [1.165, 1.54) is 12.1 Å². The molecule has 0 heterocycles. The highest BCUT2D eigenvalue weighted by Gasteiger charge is 2.34. The summed E-state index contributed by atoms with van der Waals surface area (Å²) in [5, 5.41) is 14.3. The Labute approximate surface area is 138 Å². The number of halogens is 2. The first kappa shape index (κ1) is 17.5. The lowest BCUT2D eigenvalue weighted by Crippen LogP contribution is -2.55. The number of nitrogens with one attached hydrogen (secondary N) is 2. The van der Waals surface area contributed by atoms with Crippen molar-refractivity contribution in [1.82, 2.24) is 10.2 Å². The van der Waals surface area contributed by atoms with E-state index in [1.807, 2.05) is 11.8 Å². The van der Waals surface area contributed by atoms with Crippen LogP contribution >= 0.6 is 11.6 Å². The van der Waals surface area contributed by atoms with Gasteiger partial charge in [-0.05, 0) is 37.6 Å². The number of hydrogen-bond acceptors (Lipinski definition) is 3. The second kappa shape index (κ2) is 7.61. The highest BCUT2D eigenvalue weighted by molar-refractivity contribution is 6.33. The van der Waals surface area contributed by atoms with Crippen LogP contribution in [0.25, 0.3) is 0 Å². The molecule has 1 aliphatic carbocycles. The lowest BCUT2D eigenvalue weighted by atomic mass is 9.85. The fourth-order valence-electron chi connectivity index (χ4n) is 2.61. The second-order valence-corrected chi connectivity index (χ2v) is 5.91. The van der Waals surface area contributed by atoms with E-state index in [9.17, 15) is 14.0 Å². The molecule has 23 heavy (non-hydrogen) atoms. The van der Waals surface area contributed by atoms with Crippen molar-refractivity contribution in [3.8, 4) is 0 Å². The number of likely N-dealkylation sites (N-methyl/N-ethyl adjacent to an activating group) is 1. The first-order valence-electron chi connectivity index (χ1n) is 7.37. The average molecular weight is 344 g/mol. The van der Waals surface area contributed by atoms with E-state index >= 15 is 0 Å². The van der Waals surface area contributed by atoms with E-state index in [2.05, 4.69) is 10.6 Å². The van der Waals surface area contributed by atoms with Crippen molar-refractivity contribution in [2.45, 2.75) is 31.8 Å². The van der Waals surface area contributed by atoms with Crippen LogP contribution in [0, 0.1) is 5.82 Å². The van der Waals surface area contributed by atoms with Crippen molar-refractivity contribution >= 4 is 29.3 Å². The van der Waals surface area contributed by atoms with E-state index in [4.69, 9.17) is 16.7 Å². The molecule has 2 rings (SSSR count). The average Bonchev–Trinajstić information content (AvgIpc) is 2.43. The van der Waals surface area contributed by atoms with Crippen LogP contribution in [-0.4, -0.2) is 47.2 Å². The molecule has 1 aromatic rings. The Morgan fingerprint density at radius 3 is 2.70 bits per heavy atom. The number of carboxylic acid groups (broad SMARTS) is 1. The third-order valence-electron chi connectivity index (χ3n) is 3.89. The van der Waals surface area contributed by atoms with Gasteiger partial charge in [-0.2, -0.15) is 0 Å². The Morgan fingerprint density at radius 1 is 1.43 bits per heavy atom. The van der Waals surface area contributed by atoms with Crippen molar-refractivity contribution in [2.75, 3.05) is 18.4 Å². The molecule has 0 saturated heterocycles. The number of amides is 2. The molecule has 3 N–H and O–H groups in total. The van der Waals surface area contributed by atoms with Gasteiger partial charge in [0.15, 0.2) is 0 Å². The van der Waals surface area contributed by atoms with Gasteiger partial charge in [0.1, 0.15) is 5.82 Å². The normalized spacial score (nSPS) is 20.0. The third-order valence-corrected chi connectivity index (χ3v) is 4.20. The van der Waals surface area contributed by atoms with Crippen molar-refractivity contribution in [1.29, 1.82) is 0 Å². The van der Waals surface area contributed by atoms with E-state index in [0.717, 1.165) is 6.07 Å². The largest absolute Gasteiger partial charge is 0.480 e. The molecule has 0 radical (unpaired) electrons. The van der Waals surface area contributed by atoms with E-state index in [0.29, 0.717) is 25.1 Å². The molecule has 2 amide bonds. The van der Waals surface area contributed by atoms with Gasteiger partial charge < -0.3 is 15.7 Å².